The summed E-state index contributed by atoms with van der Waals surface area (Å²) in [6.45, 7) is 2.18. The topological polar surface area (TPSA) is 29.5 Å². The van der Waals surface area contributed by atoms with Gasteiger partial charge in [0, 0.05) is 27.6 Å². The van der Waals surface area contributed by atoms with Crippen LogP contribution in [-0.4, -0.2) is 5.11 Å². The molecule has 1 N–H and O–H groups in total. The fourth-order valence-corrected chi connectivity index (χ4v) is 6.54. The van der Waals surface area contributed by atoms with Crippen LogP contribution in [0.3, 0.4) is 0 Å². The Balaban J connectivity index is 1.56. The minimum Gasteiger partial charge on any atom is -0.472 e. The third-order valence-electron chi connectivity index (χ3n) is 8.31. The molecule has 5 aromatic carbocycles. The SMILES string of the molecule is CCCCC1(O)c2ccccc2-c2c1c1c(c3ccccc23)OC(c2ccccc2)(c2ccccc2)C=C1. The van der Waals surface area contributed by atoms with Gasteiger partial charge in [-0.1, -0.05) is 135 Å². The van der Waals surface area contributed by atoms with Gasteiger partial charge < -0.3 is 9.84 Å². The number of hydrogen-bond acceptors (Lipinski definition) is 2. The second-order valence-electron chi connectivity index (χ2n) is 10.5. The molecule has 1 heterocycles. The van der Waals surface area contributed by atoms with Crippen molar-refractivity contribution in [2.45, 2.75) is 37.4 Å². The number of benzene rings is 5. The van der Waals surface area contributed by atoms with E-state index in [2.05, 4.69) is 110 Å². The highest BCUT2D eigenvalue weighted by molar-refractivity contribution is 6.08. The quantitative estimate of drug-likeness (QED) is 0.265. The van der Waals surface area contributed by atoms with Crippen molar-refractivity contribution in [3.05, 3.63) is 143 Å². The number of fused-ring (bicyclic) bond motifs is 8. The van der Waals surface area contributed by atoms with Gasteiger partial charge in [-0.25, -0.2) is 0 Å². The Morgan fingerprint density at radius 3 is 2.00 bits per heavy atom. The lowest BCUT2D eigenvalue weighted by Gasteiger charge is -2.38. The van der Waals surface area contributed by atoms with Gasteiger partial charge in [0.05, 0.1) is 0 Å². The molecule has 0 amide bonds. The van der Waals surface area contributed by atoms with Crippen LogP contribution in [-0.2, 0) is 11.2 Å². The molecule has 186 valence electrons. The van der Waals surface area contributed by atoms with Crippen molar-refractivity contribution >= 4 is 16.8 Å². The summed E-state index contributed by atoms with van der Waals surface area (Å²) >= 11 is 0. The van der Waals surface area contributed by atoms with Gasteiger partial charge >= 0.3 is 0 Å². The van der Waals surface area contributed by atoms with Gasteiger partial charge in [0.1, 0.15) is 11.4 Å². The molecule has 1 unspecified atom stereocenters. The van der Waals surface area contributed by atoms with Crippen molar-refractivity contribution in [2.75, 3.05) is 0 Å². The summed E-state index contributed by atoms with van der Waals surface area (Å²) in [6, 6.07) is 37.7. The molecule has 2 aliphatic rings. The molecule has 0 bridgehead atoms. The van der Waals surface area contributed by atoms with Gasteiger partial charge in [0.25, 0.3) is 0 Å². The maximum atomic E-state index is 12.5. The van der Waals surface area contributed by atoms with Crippen molar-refractivity contribution < 1.29 is 9.84 Å². The average molecular weight is 495 g/mol. The van der Waals surface area contributed by atoms with E-state index >= 15 is 0 Å². The van der Waals surface area contributed by atoms with Crippen LogP contribution in [0.15, 0.2) is 115 Å². The zero-order valence-corrected chi connectivity index (χ0v) is 21.5. The van der Waals surface area contributed by atoms with E-state index in [0.29, 0.717) is 6.42 Å². The summed E-state index contributed by atoms with van der Waals surface area (Å²) in [6.07, 6.45) is 7.02. The molecule has 0 spiro atoms. The molecule has 0 saturated heterocycles. The second-order valence-corrected chi connectivity index (χ2v) is 10.5. The summed E-state index contributed by atoms with van der Waals surface area (Å²) in [7, 11) is 0. The first-order chi connectivity index (χ1) is 18.7. The zero-order chi connectivity index (χ0) is 25.7. The van der Waals surface area contributed by atoms with Crippen LogP contribution in [0, 0.1) is 0 Å². The lowest BCUT2D eigenvalue weighted by molar-refractivity contribution is 0.0721. The first-order valence-corrected chi connectivity index (χ1v) is 13.6. The fourth-order valence-electron chi connectivity index (χ4n) is 6.54. The molecular weight excluding hydrogens is 464 g/mol. The van der Waals surface area contributed by atoms with Crippen LogP contribution in [0.1, 0.15) is 54.0 Å². The average Bonchev–Trinajstić information content (AvgIpc) is 3.26. The molecule has 0 fully saturated rings. The summed E-state index contributed by atoms with van der Waals surface area (Å²) in [5.41, 5.74) is 5.51. The molecule has 2 nitrogen and oxygen atoms in total. The van der Waals surface area contributed by atoms with E-state index in [1.54, 1.807) is 0 Å². The molecule has 5 aromatic rings. The molecule has 7 rings (SSSR count). The minimum atomic E-state index is -1.07. The summed E-state index contributed by atoms with van der Waals surface area (Å²) in [5.74, 6) is 0.831. The maximum Gasteiger partial charge on any atom is 0.178 e. The zero-order valence-electron chi connectivity index (χ0n) is 21.5. The molecule has 1 aliphatic heterocycles. The summed E-state index contributed by atoms with van der Waals surface area (Å²) < 4.78 is 7.23. The lowest BCUT2D eigenvalue weighted by Crippen LogP contribution is -2.35. The monoisotopic (exact) mass is 494 g/mol. The van der Waals surface area contributed by atoms with Gasteiger partial charge in [0.2, 0.25) is 0 Å². The van der Waals surface area contributed by atoms with Crippen LogP contribution >= 0.6 is 0 Å². The van der Waals surface area contributed by atoms with Crippen molar-refractivity contribution in [1.29, 1.82) is 0 Å². The number of aliphatic hydroxyl groups is 1. The molecule has 0 saturated carbocycles. The van der Waals surface area contributed by atoms with Crippen LogP contribution in [0.4, 0.5) is 0 Å². The normalized spacial score (nSPS) is 18.5. The van der Waals surface area contributed by atoms with Crippen LogP contribution in [0.25, 0.3) is 28.0 Å². The van der Waals surface area contributed by atoms with Gasteiger partial charge in [-0.05, 0) is 34.6 Å². The maximum absolute atomic E-state index is 12.5. The molecule has 1 aliphatic carbocycles. The van der Waals surface area contributed by atoms with E-state index in [4.69, 9.17) is 4.74 Å². The highest BCUT2D eigenvalue weighted by Gasteiger charge is 2.47. The number of unbranched alkanes of at least 4 members (excludes halogenated alkanes) is 1. The van der Waals surface area contributed by atoms with Crippen molar-refractivity contribution in [3.63, 3.8) is 0 Å². The smallest absolute Gasteiger partial charge is 0.178 e. The van der Waals surface area contributed by atoms with E-state index in [0.717, 1.165) is 68.3 Å². The van der Waals surface area contributed by atoms with Crippen molar-refractivity contribution in [2.24, 2.45) is 0 Å². The van der Waals surface area contributed by atoms with E-state index in [1.807, 2.05) is 18.2 Å². The fraction of sp³-hybridized carbons (Fsp3) is 0.167. The Bertz CT molecular complexity index is 1640. The molecule has 1 atom stereocenters. The van der Waals surface area contributed by atoms with E-state index in [9.17, 15) is 5.11 Å². The number of rotatable bonds is 5. The van der Waals surface area contributed by atoms with Gasteiger partial charge in [0.15, 0.2) is 5.60 Å². The second kappa shape index (κ2) is 8.72. The Labute approximate surface area is 223 Å². The van der Waals surface area contributed by atoms with Crippen molar-refractivity contribution in [3.8, 4) is 16.9 Å². The predicted octanol–water partition coefficient (Wildman–Crippen LogP) is 8.60. The molecule has 0 aromatic heterocycles. The van der Waals surface area contributed by atoms with Gasteiger partial charge in [-0.15, -0.1) is 0 Å². The first-order valence-electron chi connectivity index (χ1n) is 13.6. The van der Waals surface area contributed by atoms with E-state index in [1.165, 1.54) is 0 Å². The third-order valence-corrected chi connectivity index (χ3v) is 8.31. The largest absolute Gasteiger partial charge is 0.472 e. The number of ether oxygens (including phenoxy) is 1. The van der Waals surface area contributed by atoms with Crippen molar-refractivity contribution in [1.82, 2.24) is 0 Å². The van der Waals surface area contributed by atoms with Crippen LogP contribution in [0.2, 0.25) is 0 Å². The Morgan fingerprint density at radius 1 is 0.711 bits per heavy atom. The van der Waals surface area contributed by atoms with Gasteiger partial charge in [-0.3, -0.25) is 0 Å². The highest BCUT2D eigenvalue weighted by atomic mass is 16.5. The standard InChI is InChI=1S/C36H30O2/c1-2-3-23-35(37)31-21-13-12-20-29(31)32-27-18-10-11-19-28(27)34-30(33(32)35)22-24-36(38-34,25-14-6-4-7-15-25)26-16-8-5-9-17-26/h4-22,24,37H,2-3,23H2,1H3. The Hall–Kier alpha value is -4.14. The molecule has 0 radical (unpaired) electrons. The first kappa shape index (κ1) is 23.0. The number of hydrogen-bond donors (Lipinski definition) is 1. The Kier molecular flexibility index (Phi) is 5.28. The summed E-state index contributed by atoms with van der Waals surface area (Å²) in [4.78, 5) is 0. The van der Waals surface area contributed by atoms with Crippen LogP contribution in [0.5, 0.6) is 5.75 Å². The van der Waals surface area contributed by atoms with Gasteiger partial charge in [-0.2, -0.15) is 0 Å². The molecule has 38 heavy (non-hydrogen) atoms. The third kappa shape index (κ3) is 3.17. The predicted molar refractivity (Wildman–Crippen MR) is 155 cm³/mol. The Morgan fingerprint density at radius 2 is 1.32 bits per heavy atom. The van der Waals surface area contributed by atoms with E-state index < -0.39 is 11.2 Å². The molecule has 2 heteroatoms. The van der Waals surface area contributed by atoms with Crippen LogP contribution < -0.4 is 4.74 Å². The minimum absolute atomic E-state index is 0.675. The lowest BCUT2D eigenvalue weighted by atomic mass is 9.79. The molecular formula is C36H30O2. The summed E-state index contributed by atoms with van der Waals surface area (Å²) in [5, 5.41) is 14.7. The van der Waals surface area contributed by atoms with E-state index in [-0.39, 0.29) is 0 Å². The highest BCUT2D eigenvalue weighted by Crippen LogP contribution is 2.58.